The molecule has 1 N–H and O–H groups in total. The molecule has 0 amide bonds. The zero-order chi connectivity index (χ0) is 18.9. The fourth-order valence-electron chi connectivity index (χ4n) is 2.78. The Morgan fingerprint density at radius 2 is 1.56 bits per heavy atom. The third kappa shape index (κ3) is 5.83. The number of methoxy groups -OCH3 is 1. The first-order valence-corrected chi connectivity index (χ1v) is 9.03. The van der Waals surface area contributed by atoms with Crippen LogP contribution in [0.5, 0.6) is 11.5 Å². The Morgan fingerprint density at radius 3 is 2.30 bits per heavy atom. The first-order valence-electron chi connectivity index (χ1n) is 9.03. The van der Waals surface area contributed by atoms with Crippen LogP contribution in [-0.2, 0) is 19.6 Å². The van der Waals surface area contributed by atoms with Crippen molar-refractivity contribution in [1.29, 1.82) is 0 Å². The molecule has 0 aliphatic carbocycles. The van der Waals surface area contributed by atoms with Crippen molar-refractivity contribution in [3.8, 4) is 11.5 Å². The lowest BCUT2D eigenvalue weighted by molar-refractivity contribution is 0.302. The number of hydrogen-bond donors (Lipinski definition) is 1. The van der Waals surface area contributed by atoms with Gasteiger partial charge < -0.3 is 14.8 Å². The Kier molecular flexibility index (Phi) is 6.83. The van der Waals surface area contributed by atoms with Gasteiger partial charge in [0.25, 0.3) is 0 Å². The Balaban J connectivity index is 1.48. The van der Waals surface area contributed by atoms with Crippen LogP contribution >= 0.6 is 0 Å². The Morgan fingerprint density at radius 1 is 0.852 bits per heavy atom. The molecule has 0 fully saturated rings. The van der Waals surface area contributed by atoms with Gasteiger partial charge in [-0.1, -0.05) is 42.5 Å². The smallest absolute Gasteiger partial charge is 0.124 e. The van der Waals surface area contributed by atoms with Crippen LogP contribution in [0.3, 0.4) is 0 Å². The predicted octanol–water partition coefficient (Wildman–Crippen LogP) is 4.75. The van der Waals surface area contributed by atoms with Crippen molar-refractivity contribution in [2.24, 2.45) is 0 Å². The first-order chi connectivity index (χ1) is 13.2. The fraction of sp³-hybridized carbons (Fsp3) is 0.217. The van der Waals surface area contributed by atoms with Gasteiger partial charge in [0.1, 0.15) is 23.9 Å². The molecule has 0 heterocycles. The van der Waals surface area contributed by atoms with Crippen LogP contribution in [-0.4, -0.2) is 13.7 Å². The summed E-state index contributed by atoms with van der Waals surface area (Å²) in [7, 11) is 1.67. The van der Waals surface area contributed by atoms with Gasteiger partial charge in [0.15, 0.2) is 0 Å². The van der Waals surface area contributed by atoms with Gasteiger partial charge in [-0.15, -0.1) is 0 Å². The summed E-state index contributed by atoms with van der Waals surface area (Å²) < 4.78 is 24.1. The number of ether oxygens (including phenoxy) is 2. The number of halogens is 1. The predicted molar refractivity (Wildman–Crippen MR) is 106 cm³/mol. The van der Waals surface area contributed by atoms with E-state index >= 15 is 0 Å². The molecule has 0 atom stereocenters. The second kappa shape index (κ2) is 9.74. The van der Waals surface area contributed by atoms with Gasteiger partial charge in [-0.3, -0.25) is 0 Å². The molecule has 0 saturated heterocycles. The van der Waals surface area contributed by atoms with Gasteiger partial charge in [0.05, 0.1) is 7.11 Å². The van der Waals surface area contributed by atoms with Gasteiger partial charge in [-0.2, -0.15) is 0 Å². The summed E-state index contributed by atoms with van der Waals surface area (Å²) in [5, 5.41) is 3.46. The van der Waals surface area contributed by atoms with Gasteiger partial charge in [0.2, 0.25) is 0 Å². The van der Waals surface area contributed by atoms with Crippen LogP contribution in [0.25, 0.3) is 0 Å². The van der Waals surface area contributed by atoms with Crippen molar-refractivity contribution in [2.75, 3.05) is 13.7 Å². The lowest BCUT2D eigenvalue weighted by Crippen LogP contribution is -2.17. The highest BCUT2D eigenvalue weighted by Gasteiger charge is 2.04. The quantitative estimate of drug-likeness (QED) is 0.555. The number of nitrogens with one attached hydrogen (secondary N) is 1. The van der Waals surface area contributed by atoms with Crippen LogP contribution in [0.4, 0.5) is 4.39 Å². The van der Waals surface area contributed by atoms with Crippen molar-refractivity contribution in [3.05, 3.63) is 95.3 Å². The number of benzene rings is 3. The van der Waals surface area contributed by atoms with E-state index in [-0.39, 0.29) is 5.82 Å². The summed E-state index contributed by atoms with van der Waals surface area (Å²) in [6, 6.07) is 22.5. The summed E-state index contributed by atoms with van der Waals surface area (Å²) in [6.45, 7) is 2.03. The molecule has 0 saturated carbocycles. The summed E-state index contributed by atoms with van der Waals surface area (Å²) in [6.07, 6.45) is 0.947. The summed E-state index contributed by atoms with van der Waals surface area (Å²) in [5.74, 6) is 1.48. The largest absolute Gasteiger partial charge is 0.497 e. The molecule has 0 aliphatic rings. The summed E-state index contributed by atoms with van der Waals surface area (Å²) in [4.78, 5) is 0. The molecule has 3 aromatic carbocycles. The highest BCUT2D eigenvalue weighted by molar-refractivity contribution is 5.33. The Bertz CT molecular complexity index is 832. The fourth-order valence-corrected chi connectivity index (χ4v) is 2.78. The minimum Gasteiger partial charge on any atom is -0.497 e. The first kappa shape index (κ1) is 18.9. The highest BCUT2D eigenvalue weighted by atomic mass is 19.1. The van der Waals surface area contributed by atoms with E-state index in [1.54, 1.807) is 19.2 Å². The molecule has 4 heteroatoms. The van der Waals surface area contributed by atoms with Crippen LogP contribution in [0.1, 0.15) is 16.7 Å². The molecule has 3 aromatic rings. The summed E-state index contributed by atoms with van der Waals surface area (Å²) in [5.41, 5.74) is 3.32. The average molecular weight is 365 g/mol. The van der Waals surface area contributed by atoms with E-state index in [1.165, 1.54) is 17.7 Å². The third-order valence-electron chi connectivity index (χ3n) is 4.35. The molecule has 3 nitrogen and oxygen atoms in total. The minimum absolute atomic E-state index is 0.236. The lowest BCUT2D eigenvalue weighted by atomic mass is 10.1. The van der Waals surface area contributed by atoms with E-state index in [0.29, 0.717) is 6.61 Å². The van der Waals surface area contributed by atoms with E-state index in [0.717, 1.165) is 42.1 Å². The zero-order valence-corrected chi connectivity index (χ0v) is 15.5. The molecular formula is C23H24FNO2. The molecule has 0 spiro atoms. The van der Waals surface area contributed by atoms with E-state index < -0.39 is 0 Å². The van der Waals surface area contributed by atoms with Gasteiger partial charge in [-0.25, -0.2) is 4.39 Å². The third-order valence-corrected chi connectivity index (χ3v) is 4.35. The molecule has 0 bridgehead atoms. The van der Waals surface area contributed by atoms with Gasteiger partial charge >= 0.3 is 0 Å². The Hall–Kier alpha value is -2.85. The molecule has 0 aliphatic heterocycles. The topological polar surface area (TPSA) is 30.5 Å². The van der Waals surface area contributed by atoms with E-state index in [9.17, 15) is 4.39 Å². The van der Waals surface area contributed by atoms with E-state index in [4.69, 9.17) is 9.47 Å². The van der Waals surface area contributed by atoms with Crippen LogP contribution in [0, 0.1) is 5.82 Å². The maximum Gasteiger partial charge on any atom is 0.124 e. The number of rotatable bonds is 9. The molecule has 0 radical (unpaired) electrons. The van der Waals surface area contributed by atoms with Crippen LogP contribution < -0.4 is 14.8 Å². The monoisotopic (exact) mass is 365 g/mol. The van der Waals surface area contributed by atoms with Gasteiger partial charge in [-0.05, 0) is 54.4 Å². The minimum atomic E-state index is -0.236. The maximum atomic E-state index is 13.0. The van der Waals surface area contributed by atoms with Crippen LogP contribution in [0.15, 0.2) is 72.8 Å². The molecular weight excluding hydrogens is 341 g/mol. The highest BCUT2D eigenvalue weighted by Crippen LogP contribution is 2.19. The van der Waals surface area contributed by atoms with Crippen molar-refractivity contribution in [2.45, 2.75) is 19.6 Å². The standard InChI is InChI=1S/C23H24FNO2/c1-26-22-12-8-18(9-13-22)14-15-25-16-20-4-2-3-5-23(20)27-17-19-6-10-21(24)11-7-19/h2-13,25H,14-17H2,1H3. The van der Waals surface area contributed by atoms with Crippen molar-refractivity contribution < 1.29 is 13.9 Å². The molecule has 27 heavy (non-hydrogen) atoms. The molecule has 3 rings (SSSR count). The summed E-state index contributed by atoms with van der Waals surface area (Å²) >= 11 is 0. The molecule has 0 aromatic heterocycles. The van der Waals surface area contributed by atoms with Crippen molar-refractivity contribution in [3.63, 3.8) is 0 Å². The molecule has 0 unspecified atom stereocenters. The maximum absolute atomic E-state index is 13.0. The lowest BCUT2D eigenvalue weighted by Gasteiger charge is -2.12. The van der Waals surface area contributed by atoms with Crippen LogP contribution in [0.2, 0.25) is 0 Å². The zero-order valence-electron chi connectivity index (χ0n) is 15.5. The second-order valence-electron chi connectivity index (χ2n) is 6.30. The van der Waals surface area contributed by atoms with E-state index in [2.05, 4.69) is 23.5 Å². The second-order valence-corrected chi connectivity index (χ2v) is 6.30. The number of hydrogen-bond acceptors (Lipinski definition) is 3. The van der Waals surface area contributed by atoms with E-state index in [1.807, 2.05) is 30.3 Å². The normalized spacial score (nSPS) is 10.6. The van der Waals surface area contributed by atoms with Crippen molar-refractivity contribution >= 4 is 0 Å². The number of para-hydroxylation sites is 1. The van der Waals surface area contributed by atoms with Gasteiger partial charge in [0, 0.05) is 12.1 Å². The molecule has 140 valence electrons. The van der Waals surface area contributed by atoms with Crippen molar-refractivity contribution in [1.82, 2.24) is 5.32 Å². The SMILES string of the molecule is COc1ccc(CCNCc2ccccc2OCc2ccc(F)cc2)cc1. The Labute approximate surface area is 159 Å². The average Bonchev–Trinajstić information content (AvgIpc) is 2.72.